The molecular formula is C21H27BrN2O4S. The summed E-state index contributed by atoms with van der Waals surface area (Å²) in [5.41, 5.74) is 2.09. The summed E-state index contributed by atoms with van der Waals surface area (Å²) in [6.45, 7) is 6.61. The van der Waals surface area contributed by atoms with Crippen molar-refractivity contribution in [2.45, 2.75) is 24.8 Å². The molecule has 3 rings (SSSR count). The highest BCUT2D eigenvalue weighted by Gasteiger charge is 2.29. The summed E-state index contributed by atoms with van der Waals surface area (Å²) in [5.74, 6) is 0.817. The highest BCUT2D eigenvalue weighted by atomic mass is 79.9. The first-order chi connectivity index (χ1) is 13.8. The van der Waals surface area contributed by atoms with Crippen LogP contribution in [0, 0.1) is 13.8 Å². The Morgan fingerprint density at radius 2 is 1.62 bits per heavy atom. The van der Waals surface area contributed by atoms with E-state index in [1.54, 1.807) is 24.3 Å². The van der Waals surface area contributed by atoms with E-state index in [0.29, 0.717) is 37.6 Å². The van der Waals surface area contributed by atoms with Crippen LogP contribution >= 0.6 is 15.9 Å². The normalized spacial score (nSPS) is 17.2. The summed E-state index contributed by atoms with van der Waals surface area (Å²) in [5, 5.41) is 10.4. The van der Waals surface area contributed by atoms with E-state index in [-0.39, 0.29) is 6.61 Å². The summed E-state index contributed by atoms with van der Waals surface area (Å²) < 4.78 is 33.7. The number of piperazine rings is 1. The lowest BCUT2D eigenvalue weighted by Gasteiger charge is -2.34. The van der Waals surface area contributed by atoms with Crippen molar-refractivity contribution in [3.8, 4) is 5.75 Å². The van der Waals surface area contributed by atoms with Gasteiger partial charge in [0.2, 0.25) is 10.0 Å². The molecule has 0 saturated carbocycles. The minimum Gasteiger partial charge on any atom is -0.490 e. The number of nitrogens with zero attached hydrogens (tertiary/aromatic N) is 2. The number of sulfonamides is 1. The maximum atomic E-state index is 12.8. The molecule has 1 unspecified atom stereocenters. The molecule has 0 aliphatic carbocycles. The Bertz CT molecular complexity index is 906. The third-order valence-electron chi connectivity index (χ3n) is 5.08. The topological polar surface area (TPSA) is 70.1 Å². The molecule has 6 nitrogen and oxygen atoms in total. The van der Waals surface area contributed by atoms with Crippen molar-refractivity contribution in [1.82, 2.24) is 9.21 Å². The van der Waals surface area contributed by atoms with Gasteiger partial charge >= 0.3 is 0 Å². The molecular weight excluding hydrogens is 456 g/mol. The van der Waals surface area contributed by atoms with Crippen LogP contribution < -0.4 is 4.74 Å². The van der Waals surface area contributed by atoms with E-state index < -0.39 is 16.1 Å². The van der Waals surface area contributed by atoms with Crippen LogP contribution in [0.1, 0.15) is 11.1 Å². The summed E-state index contributed by atoms with van der Waals surface area (Å²) in [7, 11) is -3.49. The highest BCUT2D eigenvalue weighted by Crippen LogP contribution is 2.23. The van der Waals surface area contributed by atoms with Crippen LogP contribution in [0.15, 0.2) is 51.8 Å². The number of hydrogen-bond acceptors (Lipinski definition) is 5. The number of benzene rings is 2. The molecule has 0 spiro atoms. The predicted octanol–water partition coefficient (Wildman–Crippen LogP) is 2.81. The molecule has 8 heteroatoms. The van der Waals surface area contributed by atoms with Crippen LogP contribution in [-0.2, 0) is 10.0 Å². The van der Waals surface area contributed by atoms with Crippen molar-refractivity contribution >= 4 is 26.0 Å². The van der Waals surface area contributed by atoms with Gasteiger partial charge in [0.1, 0.15) is 18.5 Å². The molecule has 1 atom stereocenters. The fraction of sp³-hybridized carbons (Fsp3) is 0.429. The smallest absolute Gasteiger partial charge is 0.243 e. The molecule has 1 aliphatic heterocycles. The minimum absolute atomic E-state index is 0.211. The molecule has 29 heavy (non-hydrogen) atoms. The van der Waals surface area contributed by atoms with Crippen molar-refractivity contribution in [2.24, 2.45) is 0 Å². The highest BCUT2D eigenvalue weighted by molar-refractivity contribution is 9.10. The SMILES string of the molecule is Cc1cccc(C)c1OCC(O)CN1CCN(S(=O)(=O)c2ccc(Br)cc2)CC1. The lowest BCUT2D eigenvalue weighted by Crippen LogP contribution is -2.50. The molecule has 0 aromatic heterocycles. The van der Waals surface area contributed by atoms with Gasteiger partial charge in [0.05, 0.1) is 4.90 Å². The first-order valence-corrected chi connectivity index (χ1v) is 11.9. The number of ether oxygens (including phenoxy) is 1. The first-order valence-electron chi connectivity index (χ1n) is 9.62. The monoisotopic (exact) mass is 482 g/mol. The summed E-state index contributed by atoms with van der Waals surface area (Å²) in [4.78, 5) is 2.38. The number of aliphatic hydroxyl groups excluding tert-OH is 1. The number of halogens is 1. The van der Waals surface area contributed by atoms with Crippen molar-refractivity contribution in [3.63, 3.8) is 0 Å². The van der Waals surface area contributed by atoms with Crippen LogP contribution in [0.4, 0.5) is 0 Å². The maximum Gasteiger partial charge on any atom is 0.243 e. The lowest BCUT2D eigenvalue weighted by atomic mass is 10.1. The van der Waals surface area contributed by atoms with Gasteiger partial charge in [0.15, 0.2) is 0 Å². The van der Waals surface area contributed by atoms with Gasteiger partial charge in [-0.1, -0.05) is 34.1 Å². The van der Waals surface area contributed by atoms with Crippen LogP contribution in [0.25, 0.3) is 0 Å². The molecule has 1 heterocycles. The largest absolute Gasteiger partial charge is 0.490 e. The second-order valence-corrected chi connectivity index (χ2v) is 10.2. The Labute approximate surface area is 181 Å². The Morgan fingerprint density at radius 3 is 2.21 bits per heavy atom. The molecule has 0 amide bonds. The van der Waals surface area contributed by atoms with Gasteiger partial charge in [-0.05, 0) is 49.2 Å². The Balaban J connectivity index is 1.50. The molecule has 0 bridgehead atoms. The van der Waals surface area contributed by atoms with Gasteiger partial charge in [-0.25, -0.2) is 8.42 Å². The van der Waals surface area contributed by atoms with Gasteiger partial charge in [-0.3, -0.25) is 4.90 Å². The van der Waals surface area contributed by atoms with E-state index in [1.165, 1.54) is 4.31 Å². The van der Waals surface area contributed by atoms with Gasteiger partial charge in [-0.2, -0.15) is 4.31 Å². The molecule has 1 fully saturated rings. The number of aliphatic hydroxyl groups is 1. The second kappa shape index (κ2) is 9.57. The standard InChI is InChI=1S/C21H27BrN2O4S/c1-16-4-3-5-17(2)21(16)28-15-19(25)14-23-10-12-24(13-11-23)29(26,27)20-8-6-18(22)7-9-20/h3-9,19,25H,10-15H2,1-2H3. The van der Waals surface area contributed by atoms with E-state index >= 15 is 0 Å². The quantitative estimate of drug-likeness (QED) is 0.656. The predicted molar refractivity (Wildman–Crippen MR) is 117 cm³/mol. The summed E-state index contributed by atoms with van der Waals surface area (Å²) in [6, 6.07) is 12.6. The number of hydrogen-bond donors (Lipinski definition) is 1. The summed E-state index contributed by atoms with van der Waals surface area (Å²) in [6.07, 6.45) is -0.636. The molecule has 1 saturated heterocycles. The molecule has 2 aromatic carbocycles. The van der Waals surface area contributed by atoms with Gasteiger partial charge in [0, 0.05) is 37.2 Å². The van der Waals surface area contributed by atoms with Crippen molar-refractivity contribution in [1.29, 1.82) is 0 Å². The molecule has 1 N–H and O–H groups in total. The van der Waals surface area contributed by atoms with Crippen molar-refractivity contribution in [3.05, 3.63) is 58.1 Å². The fourth-order valence-corrected chi connectivity index (χ4v) is 5.15. The Morgan fingerprint density at radius 1 is 1.03 bits per heavy atom. The lowest BCUT2D eigenvalue weighted by molar-refractivity contribution is 0.0565. The third-order valence-corrected chi connectivity index (χ3v) is 7.52. The van der Waals surface area contributed by atoms with E-state index in [1.807, 2.05) is 32.0 Å². The average molecular weight is 483 g/mol. The van der Waals surface area contributed by atoms with Crippen LogP contribution in [0.5, 0.6) is 5.75 Å². The number of para-hydroxylation sites is 1. The zero-order chi connectivity index (χ0) is 21.0. The minimum atomic E-state index is -3.49. The average Bonchev–Trinajstić information content (AvgIpc) is 2.68. The second-order valence-electron chi connectivity index (χ2n) is 7.34. The van der Waals surface area contributed by atoms with E-state index in [0.717, 1.165) is 21.3 Å². The van der Waals surface area contributed by atoms with Gasteiger partial charge < -0.3 is 9.84 Å². The molecule has 2 aromatic rings. The van der Waals surface area contributed by atoms with Crippen LogP contribution in [0.2, 0.25) is 0 Å². The van der Waals surface area contributed by atoms with Gasteiger partial charge in [-0.15, -0.1) is 0 Å². The molecule has 1 aliphatic rings. The van der Waals surface area contributed by atoms with E-state index in [4.69, 9.17) is 4.74 Å². The first kappa shape index (κ1) is 22.2. The number of rotatable bonds is 7. The van der Waals surface area contributed by atoms with Gasteiger partial charge in [0.25, 0.3) is 0 Å². The third kappa shape index (κ3) is 5.58. The number of aryl methyl sites for hydroxylation is 2. The van der Waals surface area contributed by atoms with E-state index in [2.05, 4.69) is 20.8 Å². The fourth-order valence-electron chi connectivity index (χ4n) is 3.47. The van der Waals surface area contributed by atoms with Crippen LogP contribution in [0.3, 0.4) is 0 Å². The molecule has 158 valence electrons. The zero-order valence-corrected chi connectivity index (χ0v) is 19.1. The van der Waals surface area contributed by atoms with Crippen LogP contribution in [-0.4, -0.2) is 68.2 Å². The zero-order valence-electron chi connectivity index (χ0n) is 16.7. The number of β-amino-alcohol motifs (C(OH)–C–C–N with tert-alkyl or cyclic N) is 1. The Kier molecular flexibility index (Phi) is 7.34. The van der Waals surface area contributed by atoms with Crippen molar-refractivity contribution in [2.75, 3.05) is 39.3 Å². The maximum absolute atomic E-state index is 12.8. The Hall–Kier alpha value is -1.45. The van der Waals surface area contributed by atoms with E-state index in [9.17, 15) is 13.5 Å². The summed E-state index contributed by atoms with van der Waals surface area (Å²) >= 11 is 3.33. The molecule has 0 radical (unpaired) electrons. The van der Waals surface area contributed by atoms with Crippen molar-refractivity contribution < 1.29 is 18.3 Å².